The van der Waals surface area contributed by atoms with Crippen LogP contribution in [0.15, 0.2) is 0 Å². The van der Waals surface area contributed by atoms with E-state index in [1.807, 2.05) is 34.6 Å². The molecule has 0 unspecified atom stereocenters. The molecule has 104 valence electrons. The molecule has 0 aromatic rings. The highest BCUT2D eigenvalue weighted by molar-refractivity contribution is 6.53. The number of hydrogen-bond donors (Lipinski definition) is 0. The van der Waals surface area contributed by atoms with Gasteiger partial charge < -0.3 is 17.7 Å². The molecular formula is C12H28O4Si. The number of hydrogen-bond acceptors (Lipinski definition) is 4. The predicted molar refractivity (Wildman–Crippen MR) is 70.6 cm³/mol. The zero-order chi connectivity index (χ0) is 13.5. The molecule has 0 aliphatic heterocycles. The molecule has 0 N–H and O–H groups in total. The first-order valence-electron chi connectivity index (χ1n) is 6.45. The van der Waals surface area contributed by atoms with E-state index in [1.165, 1.54) is 0 Å². The molecule has 0 saturated carbocycles. The zero-order valence-corrected chi connectivity index (χ0v) is 13.3. The molecule has 0 radical (unpaired) electrons. The van der Waals surface area contributed by atoms with E-state index in [9.17, 15) is 0 Å². The third-order valence-electron chi connectivity index (χ3n) is 2.74. The topological polar surface area (TPSA) is 36.9 Å². The van der Waals surface area contributed by atoms with Crippen molar-refractivity contribution in [2.75, 3.05) is 19.8 Å². The number of rotatable bonds is 9. The maximum Gasteiger partial charge on any atom is 0.680 e. The molecule has 0 rings (SSSR count). The van der Waals surface area contributed by atoms with E-state index in [-0.39, 0.29) is 5.60 Å². The van der Waals surface area contributed by atoms with E-state index in [2.05, 4.69) is 13.8 Å². The van der Waals surface area contributed by atoms with Crippen molar-refractivity contribution in [2.24, 2.45) is 5.92 Å². The van der Waals surface area contributed by atoms with Gasteiger partial charge in [-0.3, -0.25) is 0 Å². The molecule has 0 heterocycles. The highest BCUT2D eigenvalue weighted by atomic mass is 28.4. The lowest BCUT2D eigenvalue weighted by atomic mass is 9.95. The summed E-state index contributed by atoms with van der Waals surface area (Å²) in [5.41, 5.74) is -0.328. The summed E-state index contributed by atoms with van der Waals surface area (Å²) < 4.78 is 23.1. The van der Waals surface area contributed by atoms with E-state index < -0.39 is 9.05 Å². The Morgan fingerprint density at radius 1 is 0.882 bits per heavy atom. The molecule has 17 heavy (non-hydrogen) atoms. The molecule has 0 bridgehead atoms. The Bertz CT molecular complexity index is 190. The second-order valence-corrected chi connectivity index (χ2v) is 6.73. The van der Waals surface area contributed by atoms with Crippen molar-refractivity contribution in [2.45, 2.75) is 54.1 Å². The van der Waals surface area contributed by atoms with E-state index in [4.69, 9.17) is 17.7 Å². The average Bonchev–Trinajstić information content (AvgIpc) is 2.17. The summed E-state index contributed by atoms with van der Waals surface area (Å²) in [5, 5.41) is 0. The standard InChI is InChI=1S/C12H28O4Si/c1-8-13-17(14-9-2,15-10-3)16-12(6,7)11(4)5/h11H,8-10H2,1-7H3. The van der Waals surface area contributed by atoms with Gasteiger partial charge in [0.2, 0.25) is 0 Å². The van der Waals surface area contributed by atoms with Gasteiger partial charge in [0.1, 0.15) is 0 Å². The van der Waals surface area contributed by atoms with Gasteiger partial charge in [0.25, 0.3) is 0 Å². The molecule has 0 aliphatic carbocycles. The molecule has 0 saturated heterocycles. The first-order valence-corrected chi connectivity index (χ1v) is 8.08. The third-order valence-corrected chi connectivity index (χ3v) is 5.44. The van der Waals surface area contributed by atoms with Gasteiger partial charge in [0.15, 0.2) is 0 Å². The fourth-order valence-corrected chi connectivity index (χ4v) is 3.55. The lowest BCUT2D eigenvalue weighted by molar-refractivity contribution is -0.0928. The van der Waals surface area contributed by atoms with Gasteiger partial charge >= 0.3 is 9.05 Å². The summed E-state index contributed by atoms with van der Waals surface area (Å²) >= 11 is 0. The fourth-order valence-electron chi connectivity index (χ4n) is 1.18. The smallest absolute Gasteiger partial charge is 0.351 e. The Hall–Kier alpha value is 0.0569. The molecule has 0 amide bonds. The molecule has 0 aliphatic rings. The second kappa shape index (κ2) is 7.48. The highest BCUT2D eigenvalue weighted by Gasteiger charge is 2.49. The van der Waals surface area contributed by atoms with Crippen LogP contribution < -0.4 is 0 Å². The lowest BCUT2D eigenvalue weighted by Gasteiger charge is -2.37. The summed E-state index contributed by atoms with van der Waals surface area (Å²) in [5.74, 6) is 0.357. The van der Waals surface area contributed by atoms with Crippen molar-refractivity contribution in [3.63, 3.8) is 0 Å². The van der Waals surface area contributed by atoms with Crippen LogP contribution in [-0.2, 0) is 17.7 Å². The SMILES string of the molecule is CCO[Si](OCC)(OCC)OC(C)(C)C(C)C. The van der Waals surface area contributed by atoms with Crippen LogP contribution in [0.25, 0.3) is 0 Å². The van der Waals surface area contributed by atoms with Crippen LogP contribution >= 0.6 is 0 Å². The normalized spacial score (nSPS) is 13.4. The van der Waals surface area contributed by atoms with E-state index >= 15 is 0 Å². The van der Waals surface area contributed by atoms with Crippen LogP contribution in [-0.4, -0.2) is 34.5 Å². The largest absolute Gasteiger partial charge is 0.680 e. The fraction of sp³-hybridized carbons (Fsp3) is 1.00. The average molecular weight is 264 g/mol. The summed E-state index contributed by atoms with van der Waals surface area (Å²) in [4.78, 5) is 0. The maximum atomic E-state index is 6.08. The Kier molecular flexibility index (Phi) is 7.51. The van der Waals surface area contributed by atoms with Crippen molar-refractivity contribution in [1.82, 2.24) is 0 Å². The molecule has 0 aromatic heterocycles. The Balaban J connectivity index is 4.87. The quantitative estimate of drug-likeness (QED) is 0.600. The Labute approximate surface area is 107 Å². The second-order valence-electron chi connectivity index (χ2n) is 4.66. The van der Waals surface area contributed by atoms with Crippen molar-refractivity contribution >= 4 is 9.05 Å². The van der Waals surface area contributed by atoms with Gasteiger partial charge in [0, 0.05) is 19.8 Å². The third kappa shape index (κ3) is 5.48. The van der Waals surface area contributed by atoms with Gasteiger partial charge in [-0.05, 0) is 40.5 Å². The van der Waals surface area contributed by atoms with Gasteiger partial charge in [0.05, 0.1) is 5.60 Å². The summed E-state index contributed by atoms with van der Waals surface area (Å²) in [6.07, 6.45) is 0. The van der Waals surface area contributed by atoms with Crippen LogP contribution in [0.4, 0.5) is 0 Å². The summed E-state index contributed by atoms with van der Waals surface area (Å²) in [7, 11) is -2.99. The first-order chi connectivity index (χ1) is 7.83. The predicted octanol–water partition coefficient (Wildman–Crippen LogP) is 2.98. The molecule has 0 atom stereocenters. The Morgan fingerprint density at radius 3 is 1.47 bits per heavy atom. The molecule has 0 fully saturated rings. The lowest BCUT2D eigenvalue weighted by Crippen LogP contribution is -2.55. The minimum atomic E-state index is -2.99. The van der Waals surface area contributed by atoms with Crippen LogP contribution in [0, 0.1) is 5.92 Å². The first kappa shape index (κ1) is 17.1. The monoisotopic (exact) mass is 264 g/mol. The van der Waals surface area contributed by atoms with E-state index in [1.54, 1.807) is 0 Å². The molecule has 0 aromatic carbocycles. The molecule has 4 nitrogen and oxygen atoms in total. The van der Waals surface area contributed by atoms with Crippen LogP contribution in [0.2, 0.25) is 0 Å². The van der Waals surface area contributed by atoms with Gasteiger partial charge in [-0.15, -0.1) is 0 Å². The van der Waals surface area contributed by atoms with E-state index in [0.717, 1.165) is 0 Å². The van der Waals surface area contributed by atoms with Gasteiger partial charge in [-0.2, -0.15) is 0 Å². The molecular weight excluding hydrogens is 236 g/mol. The highest BCUT2D eigenvalue weighted by Crippen LogP contribution is 2.27. The minimum Gasteiger partial charge on any atom is -0.351 e. The van der Waals surface area contributed by atoms with Crippen molar-refractivity contribution in [3.8, 4) is 0 Å². The van der Waals surface area contributed by atoms with Gasteiger partial charge in [-0.25, -0.2) is 0 Å². The molecule has 5 heteroatoms. The van der Waals surface area contributed by atoms with Crippen LogP contribution in [0.5, 0.6) is 0 Å². The maximum absolute atomic E-state index is 6.08. The minimum absolute atomic E-state index is 0.328. The van der Waals surface area contributed by atoms with E-state index in [0.29, 0.717) is 25.7 Å². The van der Waals surface area contributed by atoms with Gasteiger partial charge in [-0.1, -0.05) is 13.8 Å². The van der Waals surface area contributed by atoms with Crippen LogP contribution in [0.3, 0.4) is 0 Å². The van der Waals surface area contributed by atoms with Crippen molar-refractivity contribution in [1.29, 1.82) is 0 Å². The van der Waals surface area contributed by atoms with Crippen molar-refractivity contribution in [3.05, 3.63) is 0 Å². The van der Waals surface area contributed by atoms with Crippen molar-refractivity contribution < 1.29 is 17.7 Å². The zero-order valence-electron chi connectivity index (χ0n) is 12.3. The van der Waals surface area contributed by atoms with Crippen LogP contribution in [0.1, 0.15) is 48.5 Å². The summed E-state index contributed by atoms with van der Waals surface area (Å²) in [6.45, 7) is 15.7. The molecule has 0 spiro atoms. The Morgan fingerprint density at radius 2 is 1.24 bits per heavy atom. The summed E-state index contributed by atoms with van der Waals surface area (Å²) in [6, 6.07) is 0.